The highest BCUT2D eigenvalue weighted by Gasteiger charge is 2.20. The molecule has 1 atom stereocenters. The number of hydrogen-bond donors (Lipinski definition) is 2. The van der Waals surface area contributed by atoms with Gasteiger partial charge in [-0.25, -0.2) is 18.7 Å². The van der Waals surface area contributed by atoms with Crippen LogP contribution in [0, 0.1) is 0 Å². The van der Waals surface area contributed by atoms with Crippen LogP contribution in [0.4, 0.5) is 20.4 Å². The Hall–Kier alpha value is -2.32. The maximum Gasteiger partial charge on any atom is 0.251 e. The summed E-state index contributed by atoms with van der Waals surface area (Å²) in [6, 6.07) is 11.2. The summed E-state index contributed by atoms with van der Waals surface area (Å²) in [5.41, 5.74) is 0.837. The smallest absolute Gasteiger partial charge is 0.251 e. The van der Waals surface area contributed by atoms with Gasteiger partial charge in [-0.1, -0.05) is 30.3 Å². The minimum Gasteiger partial charge on any atom is -0.387 e. The Labute approximate surface area is 151 Å². The van der Waals surface area contributed by atoms with Gasteiger partial charge < -0.3 is 15.3 Å². The van der Waals surface area contributed by atoms with Crippen molar-refractivity contribution in [2.24, 2.45) is 0 Å². The summed E-state index contributed by atoms with van der Waals surface area (Å²) in [5.74, 6) is 1.38. The quantitative estimate of drug-likeness (QED) is 0.785. The monoisotopic (exact) mass is 363 g/mol. The number of hydrogen-bond acceptors (Lipinski definition) is 6. The Bertz CT molecular complexity index is 680. The van der Waals surface area contributed by atoms with Crippen molar-refractivity contribution in [2.75, 3.05) is 49.5 Å². The van der Waals surface area contributed by atoms with Gasteiger partial charge in [0.15, 0.2) is 0 Å². The lowest BCUT2D eigenvalue weighted by Gasteiger charge is -2.35. The summed E-state index contributed by atoms with van der Waals surface area (Å²) in [6.45, 7) is 2.63. The highest BCUT2D eigenvalue weighted by molar-refractivity contribution is 5.49. The van der Waals surface area contributed by atoms with Gasteiger partial charge in [-0.05, 0) is 5.56 Å². The maximum atomic E-state index is 12.5. The molecule has 2 heterocycles. The Morgan fingerprint density at radius 1 is 1.08 bits per heavy atom. The zero-order valence-electron chi connectivity index (χ0n) is 14.4. The van der Waals surface area contributed by atoms with Crippen LogP contribution in [-0.4, -0.2) is 65.7 Å². The molecule has 1 aliphatic rings. The molecule has 1 aliphatic heterocycles. The lowest BCUT2D eigenvalue weighted by atomic mass is 10.1. The van der Waals surface area contributed by atoms with Crippen LogP contribution >= 0.6 is 0 Å². The highest BCUT2D eigenvalue weighted by atomic mass is 19.3. The summed E-state index contributed by atoms with van der Waals surface area (Å²) >= 11 is 0. The first-order valence-electron chi connectivity index (χ1n) is 8.66. The summed E-state index contributed by atoms with van der Waals surface area (Å²) in [4.78, 5) is 12.3. The zero-order chi connectivity index (χ0) is 18.4. The van der Waals surface area contributed by atoms with Crippen molar-refractivity contribution in [3.63, 3.8) is 0 Å². The number of rotatable bonds is 7. The van der Waals surface area contributed by atoms with Crippen molar-refractivity contribution in [2.45, 2.75) is 12.5 Å². The number of nitrogens with zero attached hydrogens (tertiary/aromatic N) is 4. The largest absolute Gasteiger partial charge is 0.387 e. The average molecular weight is 363 g/mol. The number of nitrogens with one attached hydrogen (secondary N) is 1. The van der Waals surface area contributed by atoms with E-state index in [4.69, 9.17) is 0 Å². The van der Waals surface area contributed by atoms with Crippen LogP contribution in [0.2, 0.25) is 0 Å². The van der Waals surface area contributed by atoms with Gasteiger partial charge in [-0.3, -0.25) is 4.90 Å². The Morgan fingerprint density at radius 2 is 1.81 bits per heavy atom. The molecule has 1 aromatic carbocycles. The van der Waals surface area contributed by atoms with Gasteiger partial charge in [0.2, 0.25) is 0 Å². The van der Waals surface area contributed by atoms with Crippen LogP contribution in [0.3, 0.4) is 0 Å². The van der Waals surface area contributed by atoms with Gasteiger partial charge in [0.25, 0.3) is 6.43 Å². The molecule has 3 rings (SSSR count). The summed E-state index contributed by atoms with van der Waals surface area (Å²) in [7, 11) is 0. The minimum absolute atomic E-state index is 0.179. The molecule has 26 heavy (non-hydrogen) atoms. The summed E-state index contributed by atoms with van der Waals surface area (Å²) in [6.07, 6.45) is -1.46. The van der Waals surface area contributed by atoms with Crippen molar-refractivity contribution in [3.8, 4) is 0 Å². The maximum absolute atomic E-state index is 12.5. The van der Waals surface area contributed by atoms with E-state index >= 15 is 0 Å². The molecule has 0 spiro atoms. The number of anilines is 2. The van der Waals surface area contributed by atoms with Crippen LogP contribution < -0.4 is 10.2 Å². The molecule has 0 aliphatic carbocycles. The molecular weight excluding hydrogens is 340 g/mol. The molecule has 1 aromatic heterocycles. The molecule has 1 fully saturated rings. The van der Waals surface area contributed by atoms with Gasteiger partial charge in [0.1, 0.15) is 18.0 Å². The van der Waals surface area contributed by atoms with Crippen LogP contribution in [0.25, 0.3) is 0 Å². The number of piperazine rings is 1. The van der Waals surface area contributed by atoms with Gasteiger partial charge >= 0.3 is 0 Å². The number of alkyl halides is 2. The first kappa shape index (κ1) is 18.5. The lowest BCUT2D eigenvalue weighted by molar-refractivity contribution is 0.0853. The SMILES string of the molecule is O[C@@H](CNc1cc(N2CCN(CC(F)F)CC2)ncn1)c1ccccc1. The average Bonchev–Trinajstić information content (AvgIpc) is 2.67. The topological polar surface area (TPSA) is 64.5 Å². The molecular formula is C18H23F2N5O. The molecule has 0 saturated carbocycles. The Kier molecular flexibility index (Phi) is 6.30. The van der Waals surface area contributed by atoms with Gasteiger partial charge in [-0.2, -0.15) is 0 Å². The predicted molar refractivity (Wildman–Crippen MR) is 96.6 cm³/mol. The van der Waals surface area contributed by atoms with Crippen molar-refractivity contribution in [3.05, 3.63) is 48.3 Å². The summed E-state index contributed by atoms with van der Waals surface area (Å²) in [5, 5.41) is 13.3. The number of halogens is 2. The minimum atomic E-state index is -2.30. The third kappa shape index (κ3) is 5.09. The van der Waals surface area contributed by atoms with E-state index in [0.717, 1.165) is 11.4 Å². The first-order chi connectivity index (χ1) is 12.6. The number of benzene rings is 1. The van der Waals surface area contributed by atoms with E-state index in [-0.39, 0.29) is 6.54 Å². The van der Waals surface area contributed by atoms with Crippen LogP contribution in [0.15, 0.2) is 42.7 Å². The molecule has 8 heteroatoms. The van der Waals surface area contributed by atoms with E-state index in [1.54, 1.807) is 4.90 Å². The second-order valence-electron chi connectivity index (χ2n) is 6.25. The fourth-order valence-electron chi connectivity index (χ4n) is 2.97. The number of aromatic nitrogens is 2. The second-order valence-corrected chi connectivity index (χ2v) is 6.25. The molecule has 2 N–H and O–H groups in total. The van der Waals surface area contributed by atoms with E-state index < -0.39 is 12.5 Å². The van der Waals surface area contributed by atoms with E-state index in [1.165, 1.54) is 6.33 Å². The van der Waals surface area contributed by atoms with Crippen LogP contribution in [-0.2, 0) is 0 Å². The van der Waals surface area contributed by atoms with Crippen LogP contribution in [0.5, 0.6) is 0 Å². The predicted octanol–water partition coefficient (Wildman–Crippen LogP) is 2.01. The molecule has 0 bridgehead atoms. The molecule has 2 aromatic rings. The fourth-order valence-corrected chi connectivity index (χ4v) is 2.97. The van der Waals surface area contributed by atoms with Crippen molar-refractivity contribution in [1.82, 2.24) is 14.9 Å². The molecule has 6 nitrogen and oxygen atoms in total. The number of aliphatic hydroxyl groups excluding tert-OH is 1. The van der Waals surface area contributed by atoms with Crippen molar-refractivity contribution >= 4 is 11.6 Å². The molecule has 0 amide bonds. The number of aliphatic hydroxyl groups is 1. The van der Waals surface area contributed by atoms with E-state index in [9.17, 15) is 13.9 Å². The normalized spacial score (nSPS) is 16.7. The molecule has 0 unspecified atom stereocenters. The van der Waals surface area contributed by atoms with Crippen molar-refractivity contribution in [1.29, 1.82) is 0 Å². The van der Waals surface area contributed by atoms with E-state index in [2.05, 4.69) is 20.2 Å². The zero-order valence-corrected chi connectivity index (χ0v) is 14.4. The third-order valence-corrected chi connectivity index (χ3v) is 4.41. The molecule has 1 saturated heterocycles. The fraction of sp³-hybridized carbons (Fsp3) is 0.444. The van der Waals surface area contributed by atoms with Crippen LogP contribution in [0.1, 0.15) is 11.7 Å². The third-order valence-electron chi connectivity index (χ3n) is 4.41. The Morgan fingerprint density at radius 3 is 2.50 bits per heavy atom. The van der Waals surface area contributed by atoms with Gasteiger partial charge in [0.05, 0.1) is 12.6 Å². The van der Waals surface area contributed by atoms with Gasteiger partial charge in [-0.15, -0.1) is 0 Å². The summed E-state index contributed by atoms with van der Waals surface area (Å²) < 4.78 is 24.9. The molecule has 0 radical (unpaired) electrons. The second kappa shape index (κ2) is 8.86. The van der Waals surface area contributed by atoms with Gasteiger partial charge in [0, 0.05) is 38.8 Å². The van der Waals surface area contributed by atoms with E-state index in [1.807, 2.05) is 36.4 Å². The van der Waals surface area contributed by atoms with E-state index in [0.29, 0.717) is 38.5 Å². The first-order valence-corrected chi connectivity index (χ1v) is 8.66. The standard InChI is InChI=1S/C18H23F2N5O/c19-16(20)12-24-6-8-25(9-7-24)18-10-17(22-13-23-18)21-11-15(26)14-4-2-1-3-5-14/h1-5,10,13,15-16,26H,6-9,11-12H2,(H,21,22,23)/t15-/m0/s1. The Balaban J connectivity index is 1.54. The highest BCUT2D eigenvalue weighted by Crippen LogP contribution is 2.18. The van der Waals surface area contributed by atoms with Crippen molar-refractivity contribution < 1.29 is 13.9 Å². The molecule has 140 valence electrons. The lowest BCUT2D eigenvalue weighted by Crippen LogP contribution is -2.48.